The quantitative estimate of drug-likeness (QED) is 0.523. The van der Waals surface area contributed by atoms with Gasteiger partial charge in [0, 0.05) is 4.87 Å². The number of rotatable bonds is 1. The minimum atomic E-state index is 0.143. The summed E-state index contributed by atoms with van der Waals surface area (Å²) in [4.78, 5) is 0.143. The molecular formula is C13H25Cl. The zero-order valence-corrected chi connectivity index (χ0v) is 10.4. The van der Waals surface area contributed by atoms with E-state index in [2.05, 4.69) is 6.92 Å². The lowest BCUT2D eigenvalue weighted by Crippen LogP contribution is -2.19. The van der Waals surface area contributed by atoms with Crippen LogP contribution >= 0.6 is 11.6 Å². The van der Waals surface area contributed by atoms with Gasteiger partial charge >= 0.3 is 0 Å². The first-order valence-electron chi connectivity index (χ1n) is 6.46. The van der Waals surface area contributed by atoms with Crippen molar-refractivity contribution in [1.82, 2.24) is 0 Å². The van der Waals surface area contributed by atoms with E-state index in [9.17, 15) is 0 Å². The van der Waals surface area contributed by atoms with Gasteiger partial charge in [0.05, 0.1) is 0 Å². The normalized spacial score (nSPS) is 25.3. The van der Waals surface area contributed by atoms with Crippen molar-refractivity contribution < 1.29 is 0 Å². The van der Waals surface area contributed by atoms with Gasteiger partial charge in [0.2, 0.25) is 0 Å². The molecule has 0 amide bonds. The van der Waals surface area contributed by atoms with Crippen molar-refractivity contribution in [3.63, 3.8) is 0 Å². The van der Waals surface area contributed by atoms with Gasteiger partial charge in [-0.25, -0.2) is 0 Å². The number of hydrogen-bond acceptors (Lipinski definition) is 0. The van der Waals surface area contributed by atoms with Crippen molar-refractivity contribution in [2.45, 2.75) is 82.4 Å². The van der Waals surface area contributed by atoms with Crippen LogP contribution in [0.3, 0.4) is 0 Å². The lowest BCUT2D eigenvalue weighted by molar-refractivity contribution is 0.437. The molecule has 1 aliphatic rings. The maximum atomic E-state index is 6.62. The van der Waals surface area contributed by atoms with E-state index < -0.39 is 0 Å². The molecule has 0 N–H and O–H groups in total. The Bertz CT molecular complexity index is 130. The largest absolute Gasteiger partial charge is 0.119 e. The molecule has 0 radical (unpaired) electrons. The van der Waals surface area contributed by atoms with E-state index in [1.165, 1.54) is 64.2 Å². The zero-order valence-electron chi connectivity index (χ0n) is 9.66. The summed E-state index contributed by atoms with van der Waals surface area (Å²) in [5.74, 6) is 0. The molecule has 1 heteroatoms. The van der Waals surface area contributed by atoms with Crippen LogP contribution in [0.2, 0.25) is 0 Å². The molecule has 1 fully saturated rings. The monoisotopic (exact) mass is 216 g/mol. The van der Waals surface area contributed by atoms with Gasteiger partial charge in [-0.2, -0.15) is 0 Å². The van der Waals surface area contributed by atoms with E-state index in [0.29, 0.717) is 0 Å². The first-order chi connectivity index (χ1) is 6.77. The van der Waals surface area contributed by atoms with Crippen molar-refractivity contribution in [2.24, 2.45) is 0 Å². The van der Waals surface area contributed by atoms with Gasteiger partial charge in [0.25, 0.3) is 0 Å². The Morgan fingerprint density at radius 2 is 1.14 bits per heavy atom. The Kier molecular flexibility index (Phi) is 5.93. The Balaban J connectivity index is 2.35. The van der Waals surface area contributed by atoms with Crippen LogP contribution in [0.15, 0.2) is 0 Å². The predicted molar refractivity (Wildman–Crippen MR) is 65.0 cm³/mol. The third kappa shape index (κ3) is 4.68. The van der Waals surface area contributed by atoms with Crippen LogP contribution in [-0.4, -0.2) is 4.87 Å². The average Bonchev–Trinajstić information content (AvgIpc) is 2.24. The van der Waals surface area contributed by atoms with E-state index in [0.717, 1.165) is 6.42 Å². The lowest BCUT2D eigenvalue weighted by Gasteiger charge is -2.25. The Morgan fingerprint density at radius 3 is 1.50 bits per heavy atom. The molecule has 0 bridgehead atoms. The molecule has 0 atom stereocenters. The fourth-order valence-electron chi connectivity index (χ4n) is 2.42. The highest BCUT2D eigenvalue weighted by atomic mass is 35.5. The molecule has 14 heavy (non-hydrogen) atoms. The molecule has 1 saturated carbocycles. The Labute approximate surface area is 94.4 Å². The van der Waals surface area contributed by atoms with Gasteiger partial charge < -0.3 is 0 Å². The molecule has 0 nitrogen and oxygen atoms in total. The molecule has 0 aliphatic heterocycles. The molecule has 0 aromatic heterocycles. The molecule has 0 spiro atoms. The predicted octanol–water partition coefficient (Wildman–Crippen LogP) is 5.29. The van der Waals surface area contributed by atoms with Crippen molar-refractivity contribution >= 4 is 11.6 Å². The molecule has 0 saturated heterocycles. The summed E-state index contributed by atoms with van der Waals surface area (Å²) in [5.41, 5.74) is 0. The van der Waals surface area contributed by atoms with Crippen LogP contribution in [0.1, 0.15) is 77.6 Å². The van der Waals surface area contributed by atoms with Crippen molar-refractivity contribution in [2.75, 3.05) is 0 Å². The maximum Gasteiger partial charge on any atom is 0.0444 e. The summed E-state index contributed by atoms with van der Waals surface area (Å²) in [6, 6.07) is 0. The van der Waals surface area contributed by atoms with Crippen LogP contribution in [0, 0.1) is 0 Å². The van der Waals surface area contributed by atoms with Crippen molar-refractivity contribution in [3.8, 4) is 0 Å². The van der Waals surface area contributed by atoms with Crippen molar-refractivity contribution in [3.05, 3.63) is 0 Å². The zero-order chi connectivity index (χ0) is 10.3. The summed E-state index contributed by atoms with van der Waals surface area (Å²) in [6.07, 6.45) is 14.9. The minimum Gasteiger partial charge on any atom is -0.119 e. The van der Waals surface area contributed by atoms with Gasteiger partial charge in [-0.15, -0.1) is 11.6 Å². The van der Waals surface area contributed by atoms with Gasteiger partial charge in [-0.1, -0.05) is 58.3 Å². The van der Waals surface area contributed by atoms with E-state index in [1.54, 1.807) is 0 Å². The first kappa shape index (κ1) is 12.4. The lowest BCUT2D eigenvalue weighted by atomic mass is 9.92. The highest BCUT2D eigenvalue weighted by Gasteiger charge is 2.23. The Morgan fingerprint density at radius 1 is 0.786 bits per heavy atom. The summed E-state index contributed by atoms with van der Waals surface area (Å²) >= 11 is 6.62. The fourth-order valence-corrected chi connectivity index (χ4v) is 2.69. The van der Waals surface area contributed by atoms with Crippen LogP contribution in [0.4, 0.5) is 0 Å². The molecule has 0 unspecified atom stereocenters. The van der Waals surface area contributed by atoms with Gasteiger partial charge in [0.1, 0.15) is 0 Å². The number of hydrogen-bond donors (Lipinski definition) is 0. The molecule has 0 heterocycles. The molecular weight excluding hydrogens is 192 g/mol. The van der Waals surface area contributed by atoms with Crippen LogP contribution in [0.25, 0.3) is 0 Å². The van der Waals surface area contributed by atoms with Gasteiger partial charge in [-0.05, 0) is 19.3 Å². The standard InChI is InChI=1S/C13H25Cl/c1-2-13(14)11-9-7-5-3-4-6-8-10-12-13/h2-12H2,1H3. The maximum absolute atomic E-state index is 6.62. The minimum absolute atomic E-state index is 0.143. The van der Waals surface area contributed by atoms with Crippen molar-refractivity contribution in [1.29, 1.82) is 0 Å². The van der Waals surface area contributed by atoms with Gasteiger partial charge in [-0.3, -0.25) is 0 Å². The van der Waals surface area contributed by atoms with Crippen LogP contribution in [-0.2, 0) is 0 Å². The second kappa shape index (κ2) is 6.71. The number of halogens is 1. The second-order valence-electron chi connectivity index (χ2n) is 4.83. The molecule has 84 valence electrons. The van der Waals surface area contributed by atoms with Crippen LogP contribution < -0.4 is 0 Å². The second-order valence-corrected chi connectivity index (χ2v) is 5.63. The summed E-state index contributed by atoms with van der Waals surface area (Å²) < 4.78 is 0. The summed E-state index contributed by atoms with van der Waals surface area (Å²) in [6.45, 7) is 2.24. The van der Waals surface area contributed by atoms with Crippen LogP contribution in [0.5, 0.6) is 0 Å². The third-order valence-corrected chi connectivity index (χ3v) is 4.28. The smallest absolute Gasteiger partial charge is 0.0444 e. The summed E-state index contributed by atoms with van der Waals surface area (Å²) in [5, 5.41) is 0. The fraction of sp³-hybridized carbons (Fsp3) is 1.00. The topological polar surface area (TPSA) is 0 Å². The van der Waals surface area contributed by atoms with E-state index in [-0.39, 0.29) is 4.87 Å². The highest BCUT2D eigenvalue weighted by Crippen LogP contribution is 2.33. The molecule has 0 aromatic rings. The Hall–Kier alpha value is 0.290. The third-order valence-electron chi connectivity index (χ3n) is 3.63. The molecule has 1 rings (SSSR count). The number of alkyl halides is 1. The highest BCUT2D eigenvalue weighted by molar-refractivity contribution is 6.23. The van der Waals surface area contributed by atoms with Gasteiger partial charge in [0.15, 0.2) is 0 Å². The van der Waals surface area contributed by atoms with E-state index >= 15 is 0 Å². The van der Waals surface area contributed by atoms with E-state index in [1.807, 2.05) is 0 Å². The molecule has 1 aliphatic carbocycles. The molecule has 0 aromatic carbocycles. The average molecular weight is 217 g/mol. The van der Waals surface area contributed by atoms with E-state index in [4.69, 9.17) is 11.6 Å². The SMILES string of the molecule is CCC1(Cl)CCCCCCCCCC1. The summed E-state index contributed by atoms with van der Waals surface area (Å²) in [7, 11) is 0. The first-order valence-corrected chi connectivity index (χ1v) is 6.83.